The average Bonchev–Trinajstić information content (AvgIpc) is 3.29. The fraction of sp³-hybridized carbons (Fsp3) is 0.609. The molecule has 0 unspecified atom stereocenters. The average molecular weight is 448 g/mol. The van der Waals surface area contributed by atoms with Crippen LogP contribution in [0.15, 0.2) is 21.7 Å². The van der Waals surface area contributed by atoms with Gasteiger partial charge >= 0.3 is 5.69 Å². The van der Waals surface area contributed by atoms with Gasteiger partial charge in [-0.25, -0.2) is 4.79 Å². The number of carbonyl (C=O) groups is 1. The molecular formula is C23H33N3O6. The minimum Gasteiger partial charge on any atom is -0.490 e. The van der Waals surface area contributed by atoms with Gasteiger partial charge in [0.1, 0.15) is 0 Å². The van der Waals surface area contributed by atoms with Crippen LogP contribution in [0.3, 0.4) is 0 Å². The summed E-state index contributed by atoms with van der Waals surface area (Å²) in [6.45, 7) is 6.22. The molecule has 1 aromatic carbocycles. The molecule has 1 aliphatic heterocycles. The molecular weight excluding hydrogens is 414 g/mol. The Morgan fingerprint density at radius 1 is 1.16 bits per heavy atom. The zero-order valence-corrected chi connectivity index (χ0v) is 18.9. The van der Waals surface area contributed by atoms with Gasteiger partial charge in [0, 0.05) is 32.2 Å². The lowest BCUT2D eigenvalue weighted by Gasteiger charge is -2.13. The van der Waals surface area contributed by atoms with E-state index in [9.17, 15) is 14.4 Å². The van der Waals surface area contributed by atoms with Gasteiger partial charge in [-0.2, -0.15) is 0 Å². The number of carbonyl (C=O) groups excluding carboxylic acids is 1. The minimum atomic E-state index is -0.455. The van der Waals surface area contributed by atoms with Crippen LogP contribution in [0.4, 0.5) is 0 Å². The third-order valence-electron chi connectivity index (χ3n) is 5.48. The van der Waals surface area contributed by atoms with Gasteiger partial charge < -0.3 is 24.5 Å². The molecule has 0 saturated carbocycles. The van der Waals surface area contributed by atoms with Gasteiger partial charge in [0.15, 0.2) is 11.5 Å². The maximum atomic E-state index is 12.9. The highest BCUT2D eigenvalue weighted by Gasteiger charge is 2.16. The predicted octanol–water partition coefficient (Wildman–Crippen LogP) is 2.34. The van der Waals surface area contributed by atoms with Crippen molar-refractivity contribution in [2.75, 3.05) is 26.4 Å². The first kappa shape index (κ1) is 23.8. The van der Waals surface area contributed by atoms with Crippen LogP contribution in [-0.4, -0.2) is 47.9 Å². The van der Waals surface area contributed by atoms with Gasteiger partial charge in [-0.3, -0.25) is 14.2 Å². The van der Waals surface area contributed by atoms with E-state index in [1.165, 1.54) is 4.57 Å². The largest absolute Gasteiger partial charge is 0.490 e. The van der Waals surface area contributed by atoms with Crippen molar-refractivity contribution in [3.05, 3.63) is 33.0 Å². The van der Waals surface area contributed by atoms with Crippen LogP contribution in [-0.2, 0) is 16.1 Å². The molecule has 176 valence electrons. The van der Waals surface area contributed by atoms with Crippen molar-refractivity contribution in [1.82, 2.24) is 14.9 Å². The maximum Gasteiger partial charge on any atom is 0.328 e. The van der Waals surface area contributed by atoms with Crippen LogP contribution in [0.1, 0.15) is 52.4 Å². The van der Waals surface area contributed by atoms with Crippen LogP contribution in [0.25, 0.3) is 10.9 Å². The van der Waals surface area contributed by atoms with E-state index in [0.29, 0.717) is 68.0 Å². The zero-order chi connectivity index (χ0) is 22.9. The minimum absolute atomic E-state index is 0.00905. The molecule has 2 N–H and O–H groups in total. The summed E-state index contributed by atoms with van der Waals surface area (Å²) >= 11 is 0. The second kappa shape index (κ2) is 11.7. The number of hydrogen-bond acceptors (Lipinski definition) is 6. The standard InChI is InChI=1S/C23H33N3O6/c1-3-30-19-13-17-18(14-20(19)31-4-2)25-23(29)26(22(17)28)11-7-5-6-10-21(27)24-15-16-9-8-12-32-16/h13-14,16H,3-12,15H2,1-2H3,(H,24,27)(H,25,29)/t16-/m0/s1. The van der Waals surface area contributed by atoms with Crippen molar-refractivity contribution in [1.29, 1.82) is 0 Å². The van der Waals surface area contributed by atoms with Gasteiger partial charge in [0.05, 0.1) is 30.2 Å². The van der Waals surface area contributed by atoms with Crippen molar-refractivity contribution in [2.24, 2.45) is 0 Å². The summed E-state index contributed by atoms with van der Waals surface area (Å²) in [5, 5.41) is 3.28. The topological polar surface area (TPSA) is 112 Å². The number of fused-ring (bicyclic) bond motifs is 1. The van der Waals surface area contributed by atoms with Crippen LogP contribution < -0.4 is 26.0 Å². The number of H-pyrrole nitrogens is 1. The van der Waals surface area contributed by atoms with Gasteiger partial charge in [-0.05, 0) is 45.6 Å². The van der Waals surface area contributed by atoms with Gasteiger partial charge in [-0.1, -0.05) is 6.42 Å². The lowest BCUT2D eigenvalue weighted by molar-refractivity contribution is -0.121. The van der Waals surface area contributed by atoms with Crippen molar-refractivity contribution < 1.29 is 19.0 Å². The third-order valence-corrected chi connectivity index (χ3v) is 5.48. The van der Waals surface area contributed by atoms with E-state index in [-0.39, 0.29) is 17.6 Å². The summed E-state index contributed by atoms with van der Waals surface area (Å²) in [5.41, 5.74) is -0.392. The molecule has 9 nitrogen and oxygen atoms in total. The lowest BCUT2D eigenvalue weighted by Crippen LogP contribution is -2.35. The molecule has 0 spiro atoms. The Hall–Kier alpha value is -2.81. The second-order valence-electron chi connectivity index (χ2n) is 7.85. The number of aromatic amines is 1. The molecule has 0 bridgehead atoms. The second-order valence-corrected chi connectivity index (χ2v) is 7.85. The van der Waals surface area contributed by atoms with Crippen LogP contribution in [0.2, 0.25) is 0 Å². The van der Waals surface area contributed by atoms with E-state index < -0.39 is 5.69 Å². The first-order valence-electron chi connectivity index (χ1n) is 11.5. The lowest BCUT2D eigenvalue weighted by atomic mass is 10.1. The number of unbranched alkanes of at least 4 members (excludes halogenated alkanes) is 2. The van der Waals surface area contributed by atoms with E-state index in [0.717, 1.165) is 25.9 Å². The molecule has 1 saturated heterocycles. The molecule has 1 atom stereocenters. The number of nitrogens with one attached hydrogen (secondary N) is 2. The van der Waals surface area contributed by atoms with Crippen molar-refractivity contribution in [3.63, 3.8) is 0 Å². The van der Waals surface area contributed by atoms with Crippen LogP contribution in [0.5, 0.6) is 11.5 Å². The maximum absolute atomic E-state index is 12.9. The Labute approximate surface area is 187 Å². The Morgan fingerprint density at radius 2 is 1.91 bits per heavy atom. The Morgan fingerprint density at radius 3 is 2.59 bits per heavy atom. The molecule has 0 radical (unpaired) electrons. The summed E-state index contributed by atoms with van der Waals surface area (Å²) in [4.78, 5) is 40.1. The number of rotatable bonds is 12. The third kappa shape index (κ3) is 6.12. The molecule has 3 rings (SSSR count). The number of hydrogen-bond donors (Lipinski definition) is 2. The molecule has 1 amide bonds. The SMILES string of the molecule is CCOc1cc2[nH]c(=O)n(CCCCCC(=O)NC[C@@H]3CCCO3)c(=O)c2cc1OCC. The van der Waals surface area contributed by atoms with E-state index in [2.05, 4.69) is 10.3 Å². The summed E-state index contributed by atoms with van der Waals surface area (Å²) < 4.78 is 17.9. The van der Waals surface area contributed by atoms with Crippen LogP contribution in [0, 0.1) is 0 Å². The molecule has 1 aliphatic rings. The smallest absolute Gasteiger partial charge is 0.328 e. The van der Waals surface area contributed by atoms with Crippen molar-refractivity contribution in [2.45, 2.75) is 65.0 Å². The molecule has 1 aromatic heterocycles. The van der Waals surface area contributed by atoms with E-state index in [1.54, 1.807) is 12.1 Å². The number of aromatic nitrogens is 2. The normalized spacial score (nSPS) is 15.8. The summed E-state index contributed by atoms with van der Waals surface area (Å²) in [6, 6.07) is 3.25. The molecule has 0 aliphatic carbocycles. The van der Waals surface area contributed by atoms with Gasteiger partial charge in [0.2, 0.25) is 5.91 Å². The summed E-state index contributed by atoms with van der Waals surface area (Å²) in [5.74, 6) is 0.980. The van der Waals surface area contributed by atoms with E-state index >= 15 is 0 Å². The monoisotopic (exact) mass is 447 g/mol. The first-order valence-corrected chi connectivity index (χ1v) is 11.5. The predicted molar refractivity (Wildman–Crippen MR) is 122 cm³/mol. The number of amides is 1. The fourth-order valence-corrected chi connectivity index (χ4v) is 3.85. The molecule has 2 aromatic rings. The number of benzene rings is 1. The fourth-order valence-electron chi connectivity index (χ4n) is 3.85. The molecule has 9 heteroatoms. The molecule has 1 fully saturated rings. The van der Waals surface area contributed by atoms with E-state index in [4.69, 9.17) is 14.2 Å². The highest BCUT2D eigenvalue weighted by molar-refractivity contribution is 5.81. The Balaban J connectivity index is 1.57. The summed E-state index contributed by atoms with van der Waals surface area (Å²) in [7, 11) is 0. The van der Waals surface area contributed by atoms with Gasteiger partial charge in [0.25, 0.3) is 5.56 Å². The quantitative estimate of drug-likeness (QED) is 0.483. The Kier molecular flexibility index (Phi) is 8.72. The van der Waals surface area contributed by atoms with E-state index in [1.807, 2.05) is 13.8 Å². The number of nitrogens with zero attached hydrogens (tertiary/aromatic N) is 1. The number of ether oxygens (including phenoxy) is 3. The van der Waals surface area contributed by atoms with Crippen molar-refractivity contribution in [3.8, 4) is 11.5 Å². The first-order chi connectivity index (χ1) is 15.5. The molecule has 32 heavy (non-hydrogen) atoms. The summed E-state index contributed by atoms with van der Waals surface area (Å²) in [6.07, 6.45) is 4.67. The zero-order valence-electron chi connectivity index (χ0n) is 18.9. The molecule has 2 heterocycles. The highest BCUT2D eigenvalue weighted by Crippen LogP contribution is 2.30. The van der Waals surface area contributed by atoms with Crippen molar-refractivity contribution >= 4 is 16.8 Å². The Bertz CT molecular complexity index is 1020. The highest BCUT2D eigenvalue weighted by atomic mass is 16.5. The van der Waals surface area contributed by atoms with Gasteiger partial charge in [-0.15, -0.1) is 0 Å². The van der Waals surface area contributed by atoms with Crippen LogP contribution >= 0.6 is 0 Å².